The molecular weight excluding hydrogens is 301 g/mol. The first-order valence-electron chi connectivity index (χ1n) is 6.56. The van der Waals surface area contributed by atoms with Gasteiger partial charge < -0.3 is 10.2 Å². The van der Waals surface area contributed by atoms with Gasteiger partial charge in [0.2, 0.25) is 0 Å². The Labute approximate surface area is 128 Å². The third-order valence-corrected chi connectivity index (χ3v) is 4.12. The number of non-ortho nitro benzene ring substituents is 1. The standard InChI is InChI=1S/C13H17Cl2N3O2/c1-16-7-9-3-2-4-17(8-9)13-11(14)5-10(18(19)20)6-12(13)15/h5-6,9,16H,2-4,7-8H2,1H3. The van der Waals surface area contributed by atoms with Crippen molar-refractivity contribution in [1.29, 1.82) is 0 Å². The van der Waals surface area contributed by atoms with E-state index in [0.29, 0.717) is 21.7 Å². The van der Waals surface area contributed by atoms with Crippen LogP contribution in [0.1, 0.15) is 12.8 Å². The number of nitro groups is 1. The Bertz CT molecular complexity index is 485. The monoisotopic (exact) mass is 317 g/mol. The summed E-state index contributed by atoms with van der Waals surface area (Å²) in [7, 11) is 1.94. The molecule has 1 unspecified atom stereocenters. The molecule has 1 aliphatic rings. The summed E-state index contributed by atoms with van der Waals surface area (Å²) in [5.74, 6) is 0.538. The molecular formula is C13H17Cl2N3O2. The van der Waals surface area contributed by atoms with Crippen molar-refractivity contribution in [2.24, 2.45) is 5.92 Å². The molecule has 7 heteroatoms. The maximum absolute atomic E-state index is 10.8. The van der Waals surface area contributed by atoms with Crippen LogP contribution in [-0.2, 0) is 0 Å². The number of hydrogen-bond acceptors (Lipinski definition) is 4. The van der Waals surface area contributed by atoms with Crippen LogP contribution in [0.25, 0.3) is 0 Å². The minimum absolute atomic E-state index is 0.0764. The molecule has 1 N–H and O–H groups in total. The van der Waals surface area contributed by atoms with Crippen molar-refractivity contribution in [2.45, 2.75) is 12.8 Å². The minimum atomic E-state index is -0.485. The van der Waals surface area contributed by atoms with E-state index in [9.17, 15) is 10.1 Å². The average molecular weight is 318 g/mol. The highest BCUT2D eigenvalue weighted by molar-refractivity contribution is 6.39. The van der Waals surface area contributed by atoms with Gasteiger partial charge in [-0.05, 0) is 32.4 Å². The van der Waals surface area contributed by atoms with E-state index in [1.807, 2.05) is 7.05 Å². The zero-order valence-corrected chi connectivity index (χ0v) is 12.7. The SMILES string of the molecule is CNCC1CCCN(c2c(Cl)cc([N+](=O)[O-])cc2Cl)C1. The first-order valence-corrected chi connectivity index (χ1v) is 7.31. The smallest absolute Gasteiger partial charge is 0.272 e. The summed E-state index contributed by atoms with van der Waals surface area (Å²) >= 11 is 12.4. The highest BCUT2D eigenvalue weighted by atomic mass is 35.5. The third kappa shape index (κ3) is 3.34. The van der Waals surface area contributed by atoms with Gasteiger partial charge in [0.25, 0.3) is 5.69 Å². The molecule has 1 saturated heterocycles. The van der Waals surface area contributed by atoms with E-state index in [0.717, 1.165) is 26.1 Å². The van der Waals surface area contributed by atoms with Crippen LogP contribution in [0.4, 0.5) is 11.4 Å². The second-order valence-electron chi connectivity index (χ2n) is 5.03. The van der Waals surface area contributed by atoms with E-state index in [2.05, 4.69) is 10.2 Å². The van der Waals surface area contributed by atoms with Crippen LogP contribution in [0.2, 0.25) is 10.0 Å². The van der Waals surface area contributed by atoms with Crippen molar-refractivity contribution >= 4 is 34.6 Å². The Morgan fingerprint density at radius 3 is 2.65 bits per heavy atom. The highest BCUT2D eigenvalue weighted by Crippen LogP contribution is 2.39. The molecule has 20 heavy (non-hydrogen) atoms. The maximum atomic E-state index is 10.8. The topological polar surface area (TPSA) is 58.4 Å². The van der Waals surface area contributed by atoms with Crippen LogP contribution in [0.5, 0.6) is 0 Å². The van der Waals surface area contributed by atoms with Crippen molar-refractivity contribution in [3.63, 3.8) is 0 Å². The lowest BCUT2D eigenvalue weighted by molar-refractivity contribution is -0.384. The van der Waals surface area contributed by atoms with Crippen LogP contribution in [0.3, 0.4) is 0 Å². The highest BCUT2D eigenvalue weighted by Gasteiger charge is 2.24. The number of benzene rings is 1. The molecule has 0 radical (unpaired) electrons. The normalized spacial score (nSPS) is 19.1. The zero-order valence-electron chi connectivity index (χ0n) is 11.2. The Morgan fingerprint density at radius 2 is 2.10 bits per heavy atom. The largest absolute Gasteiger partial charge is 0.369 e. The van der Waals surface area contributed by atoms with Crippen molar-refractivity contribution in [3.8, 4) is 0 Å². The Hall–Kier alpha value is -1.04. The van der Waals surface area contributed by atoms with Crippen molar-refractivity contribution in [2.75, 3.05) is 31.6 Å². The zero-order chi connectivity index (χ0) is 14.7. The molecule has 1 fully saturated rings. The molecule has 0 spiro atoms. The summed E-state index contributed by atoms with van der Waals surface area (Å²) in [6.45, 7) is 2.67. The summed E-state index contributed by atoms with van der Waals surface area (Å²) in [4.78, 5) is 12.4. The van der Waals surface area contributed by atoms with E-state index in [4.69, 9.17) is 23.2 Å². The molecule has 0 bridgehead atoms. The number of rotatable bonds is 4. The van der Waals surface area contributed by atoms with Gasteiger partial charge >= 0.3 is 0 Å². The minimum Gasteiger partial charge on any atom is -0.369 e. The predicted molar refractivity (Wildman–Crippen MR) is 82.0 cm³/mol. The molecule has 0 aromatic heterocycles. The average Bonchev–Trinajstić information content (AvgIpc) is 2.38. The van der Waals surface area contributed by atoms with Gasteiger partial charge in [-0.3, -0.25) is 10.1 Å². The fraction of sp³-hybridized carbons (Fsp3) is 0.538. The second kappa shape index (κ2) is 6.61. The summed E-state index contributed by atoms with van der Waals surface area (Å²) < 4.78 is 0. The number of nitro benzene ring substituents is 1. The first-order chi connectivity index (χ1) is 9.52. The van der Waals surface area contributed by atoms with Gasteiger partial charge in [0, 0.05) is 25.2 Å². The lowest BCUT2D eigenvalue weighted by Gasteiger charge is -2.35. The number of anilines is 1. The summed E-state index contributed by atoms with van der Waals surface area (Å²) in [5.41, 5.74) is 0.632. The quantitative estimate of drug-likeness (QED) is 0.683. The van der Waals surface area contributed by atoms with Gasteiger partial charge in [-0.2, -0.15) is 0 Å². The lowest BCUT2D eigenvalue weighted by atomic mass is 9.97. The molecule has 0 amide bonds. The molecule has 5 nitrogen and oxygen atoms in total. The molecule has 0 saturated carbocycles. The van der Waals surface area contributed by atoms with Crippen LogP contribution in [0, 0.1) is 16.0 Å². The second-order valence-corrected chi connectivity index (χ2v) is 5.84. The molecule has 0 aliphatic carbocycles. The molecule has 2 rings (SSSR count). The summed E-state index contributed by atoms with van der Waals surface area (Å²) in [5, 5.41) is 14.7. The summed E-state index contributed by atoms with van der Waals surface area (Å²) in [6, 6.07) is 2.73. The van der Waals surface area contributed by atoms with Crippen molar-refractivity contribution < 1.29 is 4.92 Å². The molecule has 1 heterocycles. The van der Waals surface area contributed by atoms with Crippen molar-refractivity contribution in [3.05, 3.63) is 32.3 Å². The van der Waals surface area contributed by atoms with E-state index >= 15 is 0 Å². The molecule has 1 atom stereocenters. The summed E-state index contributed by atoms with van der Waals surface area (Å²) in [6.07, 6.45) is 2.23. The maximum Gasteiger partial charge on any atom is 0.272 e. The lowest BCUT2D eigenvalue weighted by Crippen LogP contribution is -2.39. The van der Waals surface area contributed by atoms with E-state index in [1.54, 1.807) is 0 Å². The number of nitrogens with one attached hydrogen (secondary N) is 1. The van der Waals surface area contributed by atoms with E-state index < -0.39 is 4.92 Å². The molecule has 110 valence electrons. The number of hydrogen-bond donors (Lipinski definition) is 1. The van der Waals surface area contributed by atoms with Gasteiger partial charge in [0.1, 0.15) is 0 Å². The van der Waals surface area contributed by atoms with Crippen molar-refractivity contribution in [1.82, 2.24) is 5.32 Å². The van der Waals surface area contributed by atoms with Crippen LogP contribution in [0.15, 0.2) is 12.1 Å². The number of piperidine rings is 1. The van der Waals surface area contributed by atoms with Gasteiger partial charge in [-0.15, -0.1) is 0 Å². The van der Waals surface area contributed by atoms with Crippen LogP contribution in [-0.4, -0.2) is 31.6 Å². The fourth-order valence-electron chi connectivity index (χ4n) is 2.68. The van der Waals surface area contributed by atoms with Crippen LogP contribution >= 0.6 is 23.2 Å². The first kappa shape index (κ1) is 15.4. The van der Waals surface area contributed by atoms with Gasteiger partial charge in [-0.1, -0.05) is 23.2 Å². The van der Waals surface area contributed by atoms with E-state index in [-0.39, 0.29) is 5.69 Å². The molecule has 1 aliphatic heterocycles. The third-order valence-electron chi connectivity index (χ3n) is 3.54. The van der Waals surface area contributed by atoms with Gasteiger partial charge in [-0.25, -0.2) is 0 Å². The fourth-order valence-corrected chi connectivity index (χ4v) is 3.40. The van der Waals surface area contributed by atoms with E-state index in [1.165, 1.54) is 18.6 Å². The Kier molecular flexibility index (Phi) is 5.07. The Balaban J connectivity index is 2.26. The number of nitrogens with zero attached hydrogens (tertiary/aromatic N) is 2. The van der Waals surface area contributed by atoms with Gasteiger partial charge in [0.15, 0.2) is 0 Å². The molecule has 1 aromatic carbocycles. The Morgan fingerprint density at radius 1 is 1.45 bits per heavy atom. The number of halogens is 2. The molecule has 1 aromatic rings. The predicted octanol–water partition coefficient (Wildman–Crippen LogP) is 3.34. The van der Waals surface area contributed by atoms with Crippen LogP contribution < -0.4 is 10.2 Å². The van der Waals surface area contributed by atoms with Gasteiger partial charge in [0.05, 0.1) is 20.7 Å².